The minimum Gasteiger partial charge on any atom is -0.489 e. The van der Waals surface area contributed by atoms with Gasteiger partial charge < -0.3 is 14.0 Å². The quantitative estimate of drug-likeness (QED) is 0.160. The number of nitrogens with zero attached hydrogens (tertiary/aromatic N) is 1. The Hall–Kier alpha value is -3.25. The predicted octanol–water partition coefficient (Wildman–Crippen LogP) is 8.96. The van der Waals surface area contributed by atoms with E-state index in [2.05, 4.69) is 5.16 Å². The molecular weight excluding hydrogens is 533 g/mol. The van der Waals surface area contributed by atoms with Crippen molar-refractivity contribution in [1.29, 1.82) is 0 Å². The third kappa shape index (κ3) is 6.19. The van der Waals surface area contributed by atoms with E-state index in [0.29, 0.717) is 43.4 Å². The maximum absolute atomic E-state index is 11.8. The molecule has 0 saturated heterocycles. The highest BCUT2D eigenvalue weighted by atomic mass is 35.5. The van der Waals surface area contributed by atoms with Crippen LogP contribution >= 0.6 is 34.8 Å². The predicted molar refractivity (Wildman–Crippen MR) is 149 cm³/mol. The second kappa shape index (κ2) is 11.9. The van der Waals surface area contributed by atoms with Gasteiger partial charge in [-0.1, -0.05) is 84.2 Å². The summed E-state index contributed by atoms with van der Waals surface area (Å²) in [5.74, 6) is 0.978. The summed E-state index contributed by atoms with van der Waals surface area (Å²) in [6.45, 7) is 4.22. The number of halogens is 3. The number of carbonyl (C=O) groups excluding carboxylic acids is 1. The summed E-state index contributed by atoms with van der Waals surface area (Å²) >= 11 is 19.4. The second-order valence-corrected chi connectivity index (χ2v) is 9.77. The number of rotatable bonds is 8. The molecule has 1 aromatic heterocycles. The van der Waals surface area contributed by atoms with E-state index in [1.807, 2.05) is 44.2 Å². The summed E-state index contributed by atoms with van der Waals surface area (Å²) in [6.07, 6.45) is 3.75. The van der Waals surface area contributed by atoms with Crippen LogP contribution in [-0.2, 0) is 11.3 Å². The first-order valence-electron chi connectivity index (χ1n) is 11.5. The van der Waals surface area contributed by atoms with Gasteiger partial charge in [0, 0.05) is 11.5 Å². The second-order valence-electron chi connectivity index (χ2n) is 8.55. The zero-order valence-corrected chi connectivity index (χ0v) is 22.7. The van der Waals surface area contributed by atoms with Gasteiger partial charge in [-0.3, -0.25) is 0 Å². The molecule has 0 atom stereocenters. The number of carbonyl (C=O) groups is 1. The molecule has 0 aliphatic carbocycles. The monoisotopic (exact) mass is 555 g/mol. The van der Waals surface area contributed by atoms with E-state index in [-0.39, 0.29) is 18.5 Å². The molecule has 4 aromatic rings. The molecule has 1 heterocycles. The maximum atomic E-state index is 11.8. The van der Waals surface area contributed by atoms with Gasteiger partial charge in [0.1, 0.15) is 23.8 Å². The molecule has 0 radical (unpaired) electrons. The molecule has 0 saturated carbocycles. The summed E-state index contributed by atoms with van der Waals surface area (Å²) in [6, 6.07) is 17.9. The molecule has 37 heavy (non-hydrogen) atoms. The van der Waals surface area contributed by atoms with Crippen LogP contribution in [0.2, 0.25) is 15.1 Å². The summed E-state index contributed by atoms with van der Waals surface area (Å²) in [4.78, 5) is 11.8. The molecule has 0 fully saturated rings. The van der Waals surface area contributed by atoms with Gasteiger partial charge >= 0.3 is 5.97 Å². The van der Waals surface area contributed by atoms with Crippen molar-refractivity contribution in [2.75, 3.05) is 7.11 Å². The summed E-state index contributed by atoms with van der Waals surface area (Å²) in [7, 11) is 1.35. The molecule has 190 valence electrons. The van der Waals surface area contributed by atoms with Crippen LogP contribution in [0.1, 0.15) is 52.6 Å². The Morgan fingerprint density at radius 2 is 1.70 bits per heavy atom. The minimum absolute atomic E-state index is 0.0786. The molecule has 0 aliphatic heterocycles. The normalized spacial score (nSPS) is 11.3. The van der Waals surface area contributed by atoms with Crippen LogP contribution in [0.25, 0.3) is 23.4 Å². The molecule has 0 spiro atoms. The van der Waals surface area contributed by atoms with Crippen molar-refractivity contribution < 1.29 is 18.8 Å². The highest BCUT2D eigenvalue weighted by Crippen LogP contribution is 2.39. The Kier molecular flexibility index (Phi) is 8.59. The molecule has 5 nitrogen and oxygen atoms in total. The van der Waals surface area contributed by atoms with E-state index in [1.54, 1.807) is 42.5 Å². The van der Waals surface area contributed by atoms with Gasteiger partial charge in [0.25, 0.3) is 0 Å². The third-order valence-electron chi connectivity index (χ3n) is 5.66. The molecule has 3 aromatic carbocycles. The van der Waals surface area contributed by atoms with Crippen LogP contribution in [0.4, 0.5) is 0 Å². The van der Waals surface area contributed by atoms with E-state index >= 15 is 0 Å². The van der Waals surface area contributed by atoms with Crippen LogP contribution in [0.3, 0.4) is 0 Å². The molecule has 0 aliphatic rings. The van der Waals surface area contributed by atoms with Crippen molar-refractivity contribution in [3.05, 3.63) is 104 Å². The number of ether oxygens (including phenoxy) is 2. The number of methoxy groups -OCH3 is 1. The SMILES string of the molecule is COC(=O)c1cccc(/C=C/c2ccc(OCc3c(-c4c(Cl)cccc4Cl)noc3C(C)C)cc2Cl)c1. The van der Waals surface area contributed by atoms with Gasteiger partial charge in [0.2, 0.25) is 0 Å². The summed E-state index contributed by atoms with van der Waals surface area (Å²) < 4.78 is 16.5. The Balaban J connectivity index is 1.54. The fourth-order valence-corrected chi connectivity index (χ4v) is 4.61. The molecule has 0 N–H and O–H groups in total. The molecule has 8 heteroatoms. The number of benzene rings is 3. The van der Waals surface area contributed by atoms with Crippen LogP contribution in [-0.4, -0.2) is 18.2 Å². The maximum Gasteiger partial charge on any atom is 0.337 e. The summed E-state index contributed by atoms with van der Waals surface area (Å²) in [5, 5.41) is 5.74. The van der Waals surface area contributed by atoms with Crippen molar-refractivity contribution in [3.63, 3.8) is 0 Å². The van der Waals surface area contributed by atoms with Gasteiger partial charge in [-0.2, -0.15) is 0 Å². The van der Waals surface area contributed by atoms with E-state index in [1.165, 1.54) is 7.11 Å². The zero-order valence-electron chi connectivity index (χ0n) is 20.4. The number of hydrogen-bond acceptors (Lipinski definition) is 5. The van der Waals surface area contributed by atoms with Crippen molar-refractivity contribution in [2.45, 2.75) is 26.4 Å². The Bertz CT molecular complexity index is 1440. The van der Waals surface area contributed by atoms with Gasteiger partial charge in [-0.05, 0) is 53.6 Å². The van der Waals surface area contributed by atoms with Crippen LogP contribution in [0.15, 0.2) is 65.2 Å². The van der Waals surface area contributed by atoms with E-state index in [4.69, 9.17) is 48.8 Å². The average Bonchev–Trinajstić information content (AvgIpc) is 3.30. The number of hydrogen-bond donors (Lipinski definition) is 0. The third-order valence-corrected chi connectivity index (χ3v) is 6.62. The van der Waals surface area contributed by atoms with Crippen molar-refractivity contribution in [1.82, 2.24) is 5.16 Å². The van der Waals surface area contributed by atoms with Crippen LogP contribution in [0.5, 0.6) is 5.75 Å². The smallest absolute Gasteiger partial charge is 0.337 e. The lowest BCUT2D eigenvalue weighted by atomic mass is 10.0. The molecule has 0 unspecified atom stereocenters. The highest BCUT2D eigenvalue weighted by Gasteiger charge is 2.23. The van der Waals surface area contributed by atoms with Crippen molar-refractivity contribution in [3.8, 4) is 17.0 Å². The van der Waals surface area contributed by atoms with Gasteiger partial charge in [0.05, 0.1) is 33.3 Å². The van der Waals surface area contributed by atoms with Crippen LogP contribution < -0.4 is 4.74 Å². The Morgan fingerprint density at radius 3 is 2.38 bits per heavy atom. The summed E-state index contributed by atoms with van der Waals surface area (Å²) in [5.41, 5.74) is 4.06. The minimum atomic E-state index is -0.386. The molecule has 0 amide bonds. The lowest BCUT2D eigenvalue weighted by molar-refractivity contribution is 0.0600. The molecule has 0 bridgehead atoms. The Morgan fingerprint density at radius 1 is 0.973 bits per heavy atom. The standard InChI is InChI=1S/C29H24Cl3NO4/c1-17(2)28-22(27(33-37-28)26-23(30)8-5-9-24(26)31)16-36-21-13-12-19(25(32)15-21)11-10-18-6-4-7-20(14-18)29(34)35-3/h4-15,17H,16H2,1-3H3/b11-10+. The Labute approximate surface area is 230 Å². The first kappa shape index (κ1) is 26.8. The van der Waals surface area contributed by atoms with Crippen LogP contribution in [0, 0.1) is 0 Å². The first-order valence-corrected chi connectivity index (χ1v) is 12.6. The lowest BCUT2D eigenvalue weighted by Gasteiger charge is -2.11. The number of esters is 1. The lowest BCUT2D eigenvalue weighted by Crippen LogP contribution is -2.01. The van der Waals surface area contributed by atoms with Gasteiger partial charge in [0.15, 0.2) is 0 Å². The fraction of sp³-hybridized carbons (Fsp3) is 0.172. The zero-order chi connectivity index (χ0) is 26.5. The van der Waals surface area contributed by atoms with Gasteiger partial charge in [-0.25, -0.2) is 4.79 Å². The van der Waals surface area contributed by atoms with Crippen molar-refractivity contribution in [2.24, 2.45) is 0 Å². The van der Waals surface area contributed by atoms with Crippen molar-refractivity contribution >= 4 is 52.9 Å². The van der Waals surface area contributed by atoms with E-state index in [0.717, 1.165) is 16.7 Å². The first-order chi connectivity index (χ1) is 17.8. The highest BCUT2D eigenvalue weighted by molar-refractivity contribution is 6.39. The topological polar surface area (TPSA) is 61.6 Å². The van der Waals surface area contributed by atoms with Gasteiger partial charge in [-0.15, -0.1) is 0 Å². The average molecular weight is 557 g/mol. The largest absolute Gasteiger partial charge is 0.489 e. The van der Waals surface area contributed by atoms with E-state index in [9.17, 15) is 4.79 Å². The molecular formula is C29H24Cl3NO4. The number of aromatic nitrogens is 1. The fourth-order valence-electron chi connectivity index (χ4n) is 3.80. The van der Waals surface area contributed by atoms with E-state index < -0.39 is 0 Å². The molecule has 4 rings (SSSR count).